The average Bonchev–Trinajstić information content (AvgIpc) is 2.50. The number of benzene rings is 1. The topological polar surface area (TPSA) is 44.8 Å². The highest BCUT2D eigenvalue weighted by atomic mass is 79.9. The Hall–Kier alpha value is -0.910. The largest absolute Gasteiger partial charge is 0.488 e. The van der Waals surface area contributed by atoms with Gasteiger partial charge >= 0.3 is 0 Å². The molecule has 0 aromatic heterocycles. The van der Waals surface area contributed by atoms with Crippen LogP contribution in [-0.2, 0) is 9.47 Å². The number of ether oxygens (including phenoxy) is 3. The highest BCUT2D eigenvalue weighted by molar-refractivity contribution is 9.10. The fourth-order valence-electron chi connectivity index (χ4n) is 3.08. The first kappa shape index (κ1) is 15.0. The van der Waals surface area contributed by atoms with E-state index in [9.17, 15) is 4.79 Å². The third-order valence-electron chi connectivity index (χ3n) is 4.26. The Labute approximate surface area is 132 Å². The zero-order valence-corrected chi connectivity index (χ0v) is 13.4. The second kappa shape index (κ2) is 6.46. The van der Waals surface area contributed by atoms with Gasteiger partial charge in [-0.15, -0.1) is 0 Å². The molecule has 1 unspecified atom stereocenters. The lowest BCUT2D eigenvalue weighted by Crippen LogP contribution is -2.47. The van der Waals surface area contributed by atoms with Crippen molar-refractivity contribution in [1.29, 1.82) is 0 Å². The molecule has 2 heterocycles. The summed E-state index contributed by atoms with van der Waals surface area (Å²) in [5.41, 5.74) is 0.473. The van der Waals surface area contributed by atoms with Crippen LogP contribution in [0.25, 0.3) is 0 Å². The van der Waals surface area contributed by atoms with Crippen LogP contribution in [0.5, 0.6) is 5.75 Å². The van der Waals surface area contributed by atoms with Gasteiger partial charge in [0.05, 0.1) is 22.2 Å². The van der Waals surface area contributed by atoms with Crippen LogP contribution in [0.15, 0.2) is 22.7 Å². The van der Waals surface area contributed by atoms with Gasteiger partial charge in [0.15, 0.2) is 6.29 Å². The van der Waals surface area contributed by atoms with Crippen molar-refractivity contribution in [1.82, 2.24) is 0 Å². The van der Waals surface area contributed by atoms with Crippen molar-refractivity contribution in [3.05, 3.63) is 28.2 Å². The number of carbonyl (C=O) groups excluding carboxylic acids is 1. The molecular weight excluding hydrogens is 336 g/mol. The van der Waals surface area contributed by atoms with Crippen LogP contribution in [0.1, 0.15) is 36.0 Å². The summed E-state index contributed by atoms with van der Waals surface area (Å²) >= 11 is 3.47. The van der Waals surface area contributed by atoms with Gasteiger partial charge < -0.3 is 14.2 Å². The molecule has 2 aliphatic heterocycles. The predicted octanol–water partition coefficient (Wildman–Crippen LogP) is 3.37. The monoisotopic (exact) mass is 354 g/mol. The molecule has 114 valence electrons. The summed E-state index contributed by atoms with van der Waals surface area (Å²) in [6.07, 6.45) is 4.46. The molecule has 1 aromatic carbocycles. The maximum Gasteiger partial charge on any atom is 0.153 e. The van der Waals surface area contributed by atoms with Crippen LogP contribution >= 0.6 is 15.9 Å². The molecule has 1 atom stereocenters. The van der Waals surface area contributed by atoms with E-state index in [4.69, 9.17) is 14.2 Å². The van der Waals surface area contributed by atoms with E-state index in [0.717, 1.165) is 49.7 Å². The van der Waals surface area contributed by atoms with Crippen molar-refractivity contribution in [3.8, 4) is 5.75 Å². The molecule has 4 nitrogen and oxygen atoms in total. The van der Waals surface area contributed by atoms with Crippen LogP contribution in [0.2, 0.25) is 0 Å². The molecule has 21 heavy (non-hydrogen) atoms. The quantitative estimate of drug-likeness (QED) is 0.780. The molecule has 1 aromatic rings. The molecule has 1 spiro atoms. The van der Waals surface area contributed by atoms with Gasteiger partial charge in [0.2, 0.25) is 0 Å². The van der Waals surface area contributed by atoms with Crippen molar-refractivity contribution < 1.29 is 19.0 Å². The summed E-state index contributed by atoms with van der Waals surface area (Å²) in [7, 11) is 0. The molecular formula is C16H19BrO4. The highest BCUT2D eigenvalue weighted by Gasteiger charge is 2.40. The lowest BCUT2D eigenvalue weighted by Gasteiger charge is -2.43. The first-order valence-corrected chi connectivity index (χ1v) is 8.14. The van der Waals surface area contributed by atoms with E-state index in [2.05, 4.69) is 15.9 Å². The number of hydrogen-bond donors (Lipinski definition) is 0. The van der Waals surface area contributed by atoms with E-state index in [0.29, 0.717) is 17.9 Å². The van der Waals surface area contributed by atoms with Gasteiger partial charge in [-0.2, -0.15) is 0 Å². The fourth-order valence-corrected chi connectivity index (χ4v) is 3.56. The Balaban J connectivity index is 1.74. The van der Waals surface area contributed by atoms with Crippen molar-refractivity contribution >= 4 is 22.2 Å². The highest BCUT2D eigenvalue weighted by Crippen LogP contribution is 2.37. The van der Waals surface area contributed by atoms with Crippen LogP contribution in [-0.4, -0.2) is 37.8 Å². The van der Waals surface area contributed by atoms with Crippen molar-refractivity contribution in [2.75, 3.05) is 19.8 Å². The number of aldehydes is 1. The van der Waals surface area contributed by atoms with Crippen molar-refractivity contribution in [3.63, 3.8) is 0 Å². The third-order valence-corrected chi connectivity index (χ3v) is 4.89. The molecule has 0 bridgehead atoms. The molecule has 5 heteroatoms. The van der Waals surface area contributed by atoms with Crippen LogP contribution in [0.3, 0.4) is 0 Å². The summed E-state index contributed by atoms with van der Waals surface area (Å²) < 4.78 is 18.4. The SMILES string of the molecule is O=Cc1cccc(Br)c1OC1CCOC2(CCOCC2)C1. The van der Waals surface area contributed by atoms with E-state index < -0.39 is 0 Å². The van der Waals surface area contributed by atoms with Gasteiger partial charge in [-0.3, -0.25) is 4.79 Å². The van der Waals surface area contributed by atoms with Gasteiger partial charge in [-0.1, -0.05) is 6.07 Å². The molecule has 2 aliphatic rings. The van der Waals surface area contributed by atoms with E-state index >= 15 is 0 Å². The summed E-state index contributed by atoms with van der Waals surface area (Å²) in [5.74, 6) is 0.640. The molecule has 0 saturated carbocycles. The smallest absolute Gasteiger partial charge is 0.153 e. The van der Waals surface area contributed by atoms with Gasteiger partial charge in [0.1, 0.15) is 11.9 Å². The van der Waals surface area contributed by atoms with Crippen molar-refractivity contribution in [2.45, 2.75) is 37.4 Å². The number of halogens is 1. The molecule has 0 aliphatic carbocycles. The minimum Gasteiger partial charge on any atom is -0.488 e. The fraction of sp³-hybridized carbons (Fsp3) is 0.562. The minimum atomic E-state index is -0.107. The van der Waals surface area contributed by atoms with Gasteiger partial charge in [0, 0.05) is 26.1 Å². The Kier molecular flexibility index (Phi) is 4.62. The Morgan fingerprint density at radius 1 is 1.29 bits per heavy atom. The second-order valence-corrected chi connectivity index (χ2v) is 6.51. The van der Waals surface area contributed by atoms with E-state index in [1.54, 1.807) is 6.07 Å². The summed E-state index contributed by atoms with van der Waals surface area (Å²) in [5, 5.41) is 0. The summed E-state index contributed by atoms with van der Waals surface area (Å²) in [6.45, 7) is 2.20. The zero-order chi connectivity index (χ0) is 14.7. The van der Waals surface area contributed by atoms with Crippen LogP contribution in [0.4, 0.5) is 0 Å². The van der Waals surface area contributed by atoms with Crippen LogP contribution < -0.4 is 4.74 Å². The molecule has 0 radical (unpaired) electrons. The minimum absolute atomic E-state index is 0.0780. The maximum atomic E-state index is 11.2. The zero-order valence-electron chi connectivity index (χ0n) is 11.8. The normalized spacial score (nSPS) is 24.7. The Morgan fingerprint density at radius 2 is 2.10 bits per heavy atom. The number of hydrogen-bond acceptors (Lipinski definition) is 4. The molecule has 3 rings (SSSR count). The molecule has 0 N–H and O–H groups in total. The van der Waals surface area contributed by atoms with Gasteiger partial charge in [-0.05, 0) is 40.9 Å². The lowest BCUT2D eigenvalue weighted by atomic mass is 9.85. The van der Waals surface area contributed by atoms with E-state index in [1.807, 2.05) is 12.1 Å². The maximum absolute atomic E-state index is 11.2. The first-order valence-electron chi connectivity index (χ1n) is 7.34. The number of carbonyl (C=O) groups is 1. The Morgan fingerprint density at radius 3 is 2.86 bits per heavy atom. The summed E-state index contributed by atoms with van der Waals surface area (Å²) in [4.78, 5) is 11.2. The lowest BCUT2D eigenvalue weighted by molar-refractivity contribution is -0.155. The molecule has 0 amide bonds. The standard InChI is InChI=1S/C16H19BrO4/c17-14-3-1-2-12(11-18)15(14)21-13-4-7-20-16(10-13)5-8-19-9-6-16/h1-3,11,13H,4-10H2. The third kappa shape index (κ3) is 3.30. The summed E-state index contributed by atoms with van der Waals surface area (Å²) in [6, 6.07) is 5.51. The van der Waals surface area contributed by atoms with E-state index in [-0.39, 0.29) is 11.7 Å². The van der Waals surface area contributed by atoms with Crippen LogP contribution in [0, 0.1) is 0 Å². The second-order valence-electron chi connectivity index (χ2n) is 5.65. The van der Waals surface area contributed by atoms with Gasteiger partial charge in [-0.25, -0.2) is 0 Å². The number of rotatable bonds is 3. The first-order chi connectivity index (χ1) is 10.2. The predicted molar refractivity (Wildman–Crippen MR) is 81.9 cm³/mol. The molecule has 2 saturated heterocycles. The average molecular weight is 355 g/mol. The van der Waals surface area contributed by atoms with Crippen molar-refractivity contribution in [2.24, 2.45) is 0 Å². The number of para-hydroxylation sites is 1. The van der Waals surface area contributed by atoms with Gasteiger partial charge in [0.25, 0.3) is 0 Å². The molecule has 2 fully saturated rings. The van der Waals surface area contributed by atoms with E-state index in [1.165, 1.54) is 0 Å². The Bertz CT molecular complexity index is 505.